The van der Waals surface area contributed by atoms with Crippen LogP contribution in [0.15, 0.2) is 0 Å². The number of likely N-dealkylation sites (N-methyl/N-ethyl adjacent to an activating group) is 2. The second kappa shape index (κ2) is 18.6. The summed E-state index contributed by atoms with van der Waals surface area (Å²) in [5.41, 5.74) is 0. The van der Waals surface area contributed by atoms with Gasteiger partial charge in [0.1, 0.15) is 0 Å². The molecule has 0 aromatic heterocycles. The Balaban J connectivity index is 0. The zero-order valence-electron chi connectivity index (χ0n) is 15.4. The zero-order valence-corrected chi connectivity index (χ0v) is 18.2. The molecule has 9 heteroatoms. The summed E-state index contributed by atoms with van der Waals surface area (Å²) in [7, 11) is 4.52. The fourth-order valence-electron chi connectivity index (χ4n) is 3.00. The fourth-order valence-corrected chi connectivity index (χ4v) is 3.00. The predicted molar refractivity (Wildman–Crippen MR) is 103 cm³/mol. The van der Waals surface area contributed by atoms with E-state index in [0.717, 1.165) is 0 Å². The van der Waals surface area contributed by atoms with Crippen LogP contribution in [0.5, 0.6) is 0 Å². The Kier molecular flexibility index (Phi) is 20.1. The van der Waals surface area contributed by atoms with Crippen molar-refractivity contribution in [3.05, 3.63) is 0 Å². The average molecular weight is 426 g/mol. The average Bonchev–Trinajstić information content (AvgIpc) is 2.55. The summed E-state index contributed by atoms with van der Waals surface area (Å²) in [6, 6.07) is 0. The van der Waals surface area contributed by atoms with Gasteiger partial charge >= 0.3 is 0 Å². The number of hydrogen-bond acceptors (Lipinski definition) is 8. The van der Waals surface area contributed by atoms with E-state index in [2.05, 4.69) is 59.0 Å². The Morgan fingerprint density at radius 3 is 1.24 bits per heavy atom. The summed E-state index contributed by atoms with van der Waals surface area (Å²) in [5, 5.41) is 16.9. The van der Waals surface area contributed by atoms with Crippen molar-refractivity contribution in [1.82, 2.24) is 19.6 Å². The summed E-state index contributed by atoms with van der Waals surface area (Å²) in [4.78, 5) is 10.2. The number of nitriles is 2. The van der Waals surface area contributed by atoms with Crippen LogP contribution >= 0.6 is 0 Å². The molecule has 145 valence electrons. The topological polar surface area (TPSA) is 60.5 Å². The molecule has 2 heterocycles. The van der Waals surface area contributed by atoms with Gasteiger partial charge in [0.05, 0.1) is 6.67 Å². The largest absolute Gasteiger partial charge is 0.696 e. The molecule has 0 aromatic rings. The van der Waals surface area contributed by atoms with E-state index in [4.69, 9.17) is 10.5 Å². The summed E-state index contributed by atoms with van der Waals surface area (Å²) in [6.45, 7) is 11.3. The van der Waals surface area contributed by atoms with Gasteiger partial charge in [-0.25, -0.2) is 10.5 Å². The standard InChI is InChI=1S/C14H30N4.2CHNS.Mn/c1-15-6-3-8-17-10-5-11-18(14-17)9-4-7-16(2)13-12-15;2*2-1-3;/h3-14H2,1-2H3;2*3H;/p-2. The molecule has 25 heavy (non-hydrogen) atoms. The van der Waals surface area contributed by atoms with Gasteiger partial charge in [0.2, 0.25) is 0 Å². The van der Waals surface area contributed by atoms with Gasteiger partial charge in [0.15, 0.2) is 0 Å². The van der Waals surface area contributed by atoms with Crippen molar-refractivity contribution in [2.45, 2.75) is 19.3 Å². The van der Waals surface area contributed by atoms with Crippen LogP contribution in [0, 0.1) is 21.3 Å². The molecule has 2 rings (SSSR count). The molecule has 0 aromatic carbocycles. The van der Waals surface area contributed by atoms with Crippen LogP contribution < -0.4 is 0 Å². The molecule has 2 aliphatic heterocycles. The molecular weight excluding hydrogens is 395 g/mol. The quantitative estimate of drug-likeness (QED) is 0.318. The third kappa shape index (κ3) is 15.7. The van der Waals surface area contributed by atoms with Gasteiger partial charge in [0.25, 0.3) is 0 Å². The molecular formula is C16H30MnN6S2-2. The van der Waals surface area contributed by atoms with Crippen LogP contribution in [0.4, 0.5) is 0 Å². The van der Waals surface area contributed by atoms with Crippen molar-refractivity contribution in [2.24, 2.45) is 0 Å². The Bertz CT molecular complexity index is 354. The minimum Gasteiger partial charge on any atom is -0.696 e. The molecule has 0 saturated carbocycles. The van der Waals surface area contributed by atoms with E-state index in [0.29, 0.717) is 0 Å². The van der Waals surface area contributed by atoms with Gasteiger partial charge in [0, 0.05) is 56.3 Å². The number of nitrogens with zero attached hydrogens (tertiary/aromatic N) is 6. The third-order valence-electron chi connectivity index (χ3n) is 4.24. The fraction of sp³-hybridized carbons (Fsp3) is 0.875. The zero-order chi connectivity index (χ0) is 18.2. The summed E-state index contributed by atoms with van der Waals surface area (Å²) in [5.74, 6) is 0. The van der Waals surface area contributed by atoms with Crippen molar-refractivity contribution >= 4 is 25.3 Å². The van der Waals surface area contributed by atoms with Crippen LogP contribution in [0.25, 0.3) is 0 Å². The van der Waals surface area contributed by atoms with Crippen molar-refractivity contribution in [2.75, 3.05) is 73.1 Å². The van der Waals surface area contributed by atoms with Gasteiger partial charge in [-0.3, -0.25) is 9.80 Å². The maximum absolute atomic E-state index is 7.13. The molecule has 6 nitrogen and oxygen atoms in total. The van der Waals surface area contributed by atoms with E-state index in [1.165, 1.54) is 89.1 Å². The Labute approximate surface area is 175 Å². The number of thiocyanates is 2. The van der Waals surface area contributed by atoms with E-state index < -0.39 is 0 Å². The van der Waals surface area contributed by atoms with Crippen LogP contribution in [0.1, 0.15) is 19.3 Å². The first-order chi connectivity index (χ1) is 11.6. The number of rotatable bonds is 0. The molecule has 2 atom stereocenters. The van der Waals surface area contributed by atoms with Crippen molar-refractivity contribution in [3.63, 3.8) is 0 Å². The summed E-state index contributed by atoms with van der Waals surface area (Å²) in [6.07, 6.45) is 3.98. The third-order valence-corrected chi connectivity index (χ3v) is 4.24. The molecule has 2 saturated heterocycles. The van der Waals surface area contributed by atoms with E-state index in [1.807, 2.05) is 0 Å². The predicted octanol–water partition coefficient (Wildman–Crippen LogP) is 0.635. The molecule has 0 N–H and O–H groups in total. The van der Waals surface area contributed by atoms with E-state index in [9.17, 15) is 0 Å². The van der Waals surface area contributed by atoms with Gasteiger partial charge in [-0.15, -0.1) is 0 Å². The second-order valence-corrected chi connectivity index (χ2v) is 6.59. The van der Waals surface area contributed by atoms with E-state index in [1.54, 1.807) is 0 Å². The molecule has 2 aliphatic rings. The van der Waals surface area contributed by atoms with Crippen molar-refractivity contribution in [3.8, 4) is 10.8 Å². The van der Waals surface area contributed by atoms with Gasteiger partial charge in [-0.05, 0) is 46.4 Å². The van der Waals surface area contributed by atoms with Gasteiger partial charge in [-0.2, -0.15) is 0 Å². The molecule has 0 aliphatic carbocycles. The number of fused-ring (bicyclic) bond motifs is 2. The minimum atomic E-state index is 0. The van der Waals surface area contributed by atoms with Crippen LogP contribution in [-0.4, -0.2) is 92.7 Å². The van der Waals surface area contributed by atoms with E-state index >= 15 is 0 Å². The molecule has 2 bridgehead atoms. The first-order valence-corrected chi connectivity index (χ1v) is 9.23. The smallest absolute Gasteiger partial charge is 0.0506 e. The normalized spacial score (nSPS) is 25.3. The molecule has 2 unspecified atom stereocenters. The number of hydrogen-bond donors (Lipinski definition) is 0. The summed E-state index contributed by atoms with van der Waals surface area (Å²) < 4.78 is 0. The Morgan fingerprint density at radius 2 is 0.920 bits per heavy atom. The van der Waals surface area contributed by atoms with Crippen molar-refractivity contribution < 1.29 is 17.1 Å². The maximum atomic E-state index is 7.13. The van der Waals surface area contributed by atoms with Crippen LogP contribution in [-0.2, 0) is 42.3 Å². The first kappa shape index (κ1) is 27.0. The minimum absolute atomic E-state index is 0. The van der Waals surface area contributed by atoms with Gasteiger partial charge in [-0.1, -0.05) is 10.8 Å². The van der Waals surface area contributed by atoms with Crippen molar-refractivity contribution in [1.29, 1.82) is 10.5 Å². The Morgan fingerprint density at radius 1 is 0.640 bits per heavy atom. The van der Waals surface area contributed by atoms with Gasteiger partial charge < -0.3 is 35.1 Å². The van der Waals surface area contributed by atoms with E-state index in [-0.39, 0.29) is 17.1 Å². The summed E-state index contributed by atoms with van der Waals surface area (Å²) >= 11 is 7.40. The molecule has 2 fully saturated rings. The monoisotopic (exact) mass is 425 g/mol. The van der Waals surface area contributed by atoms with Crippen LogP contribution in [0.2, 0.25) is 0 Å². The molecule has 0 amide bonds. The maximum Gasteiger partial charge on any atom is 0.0506 e. The SMILES string of the molecule is CN1CCCN2CCCN(CCCN(C)CC1)C2.N#C[S-].N#C[S-].[Mn]. The van der Waals surface area contributed by atoms with Crippen LogP contribution in [0.3, 0.4) is 0 Å². The second-order valence-electron chi connectivity index (χ2n) is 6.23. The Hall–Kier alpha value is -0.221. The first-order valence-electron chi connectivity index (χ1n) is 8.41. The molecule has 1 radical (unpaired) electrons. The molecule has 0 spiro atoms.